The van der Waals surface area contributed by atoms with E-state index in [-0.39, 0.29) is 29.9 Å². The molecule has 1 aliphatic heterocycles. The molecule has 8 heteroatoms. The highest BCUT2D eigenvalue weighted by Crippen LogP contribution is 2.41. The summed E-state index contributed by atoms with van der Waals surface area (Å²) < 4.78 is 27.6. The summed E-state index contributed by atoms with van der Waals surface area (Å²) >= 11 is 0. The van der Waals surface area contributed by atoms with Crippen molar-refractivity contribution in [2.45, 2.75) is 141 Å². The van der Waals surface area contributed by atoms with Crippen LogP contribution in [0.15, 0.2) is 0 Å². The van der Waals surface area contributed by atoms with E-state index in [0.717, 1.165) is 70.6 Å². The molecule has 0 aromatic heterocycles. The van der Waals surface area contributed by atoms with Gasteiger partial charge in [0.05, 0.1) is 12.7 Å². The van der Waals surface area contributed by atoms with Gasteiger partial charge in [0.1, 0.15) is 6.10 Å². The third kappa shape index (κ3) is 10.9. The first-order valence-electron chi connectivity index (χ1n) is 14.8. The summed E-state index contributed by atoms with van der Waals surface area (Å²) in [7, 11) is 3.08. The Labute approximate surface area is 229 Å². The number of unbranched alkanes of at least 4 members (excludes halogenated alkanes) is 2. The average Bonchev–Trinajstić information content (AvgIpc) is 3.28. The fourth-order valence-corrected chi connectivity index (χ4v) is 6.02. The van der Waals surface area contributed by atoms with Crippen LogP contribution in [0.1, 0.15) is 117 Å². The number of hydrogen-bond donors (Lipinski definition) is 0. The Morgan fingerprint density at radius 3 is 2.37 bits per heavy atom. The second kappa shape index (κ2) is 17.2. The molecule has 0 spiro atoms. The topological polar surface area (TPSA) is 97.4 Å². The van der Waals surface area contributed by atoms with E-state index in [1.54, 1.807) is 0 Å². The second-order valence-electron chi connectivity index (χ2n) is 11.3. The maximum atomic E-state index is 12.9. The zero-order valence-electron chi connectivity index (χ0n) is 24.5. The van der Waals surface area contributed by atoms with Crippen molar-refractivity contribution in [2.75, 3.05) is 20.8 Å². The molecule has 1 heterocycles. The van der Waals surface area contributed by atoms with Crippen molar-refractivity contribution in [3.63, 3.8) is 0 Å². The van der Waals surface area contributed by atoms with Gasteiger partial charge < -0.3 is 23.7 Å². The van der Waals surface area contributed by atoms with Gasteiger partial charge in [0.2, 0.25) is 6.10 Å². The van der Waals surface area contributed by atoms with Crippen molar-refractivity contribution in [1.82, 2.24) is 0 Å². The molecule has 2 fully saturated rings. The van der Waals surface area contributed by atoms with E-state index in [2.05, 4.69) is 13.8 Å². The average molecular weight is 541 g/mol. The Bertz CT molecular complexity index is 719. The molecule has 220 valence electrons. The lowest BCUT2D eigenvalue weighted by atomic mass is 9.84. The summed E-state index contributed by atoms with van der Waals surface area (Å²) in [5.41, 5.74) is -0.0827. The SMILES string of the molecule is CCCCC(C)(CCC[C@H]1CCC(OC(C)=O)[C@@H]1CCCCC(=O)C(OC1CCCCO1)C(=O)OC)OC. The molecule has 1 saturated heterocycles. The maximum Gasteiger partial charge on any atom is 0.342 e. The van der Waals surface area contributed by atoms with Crippen molar-refractivity contribution in [2.24, 2.45) is 11.8 Å². The molecule has 6 atom stereocenters. The third-order valence-electron chi connectivity index (χ3n) is 8.40. The van der Waals surface area contributed by atoms with Gasteiger partial charge in [0, 0.05) is 27.1 Å². The molecule has 2 rings (SSSR count). The van der Waals surface area contributed by atoms with Crippen molar-refractivity contribution in [3.05, 3.63) is 0 Å². The van der Waals surface area contributed by atoms with Crippen molar-refractivity contribution in [1.29, 1.82) is 0 Å². The molecule has 0 bridgehead atoms. The zero-order chi connectivity index (χ0) is 28.0. The quantitative estimate of drug-likeness (QED) is 0.120. The first-order chi connectivity index (χ1) is 18.2. The van der Waals surface area contributed by atoms with Gasteiger partial charge in [0.25, 0.3) is 0 Å². The number of Topliss-reactive ketones (excluding diaryl/α,β-unsaturated/α-hetero) is 1. The first-order valence-corrected chi connectivity index (χ1v) is 14.8. The standard InChI is InChI=1S/C30H52O8/c1-6-7-19-30(3,35-5)20-12-13-23-17-18-26(37-22(2)31)24(23)14-8-9-15-25(32)28(29(33)34-4)38-27-16-10-11-21-36-27/h23-24,26-28H,6-21H2,1-5H3/t23-,24+,26?,27?,28?,30?/m0/s1. The summed E-state index contributed by atoms with van der Waals surface area (Å²) in [6.45, 7) is 6.46. The van der Waals surface area contributed by atoms with E-state index < -0.39 is 18.4 Å². The van der Waals surface area contributed by atoms with Crippen molar-refractivity contribution < 1.29 is 38.1 Å². The van der Waals surface area contributed by atoms with Crippen LogP contribution in [0.5, 0.6) is 0 Å². The van der Waals surface area contributed by atoms with Gasteiger partial charge in [-0.2, -0.15) is 0 Å². The third-order valence-corrected chi connectivity index (χ3v) is 8.40. The highest BCUT2D eigenvalue weighted by atomic mass is 16.7. The number of hydrogen-bond acceptors (Lipinski definition) is 8. The van der Waals surface area contributed by atoms with Crippen LogP contribution in [0.4, 0.5) is 0 Å². The molecule has 4 unspecified atom stereocenters. The molecule has 8 nitrogen and oxygen atoms in total. The monoisotopic (exact) mass is 540 g/mol. The molecule has 2 aliphatic rings. The molecular weight excluding hydrogens is 488 g/mol. The normalized spacial score (nSPS) is 25.9. The Balaban J connectivity index is 1.87. The molecular formula is C30H52O8. The van der Waals surface area contributed by atoms with Crippen LogP contribution in [-0.2, 0) is 38.1 Å². The molecule has 38 heavy (non-hydrogen) atoms. The van der Waals surface area contributed by atoms with E-state index in [1.807, 2.05) is 7.11 Å². The molecule has 0 amide bonds. The fourth-order valence-electron chi connectivity index (χ4n) is 6.02. The van der Waals surface area contributed by atoms with Crippen LogP contribution < -0.4 is 0 Å². The molecule has 0 aromatic rings. The van der Waals surface area contributed by atoms with Crippen LogP contribution in [0.2, 0.25) is 0 Å². The van der Waals surface area contributed by atoms with Crippen molar-refractivity contribution in [3.8, 4) is 0 Å². The van der Waals surface area contributed by atoms with Crippen LogP contribution in [0.3, 0.4) is 0 Å². The Kier molecular flexibility index (Phi) is 14.8. The lowest BCUT2D eigenvalue weighted by molar-refractivity contribution is -0.202. The zero-order valence-corrected chi connectivity index (χ0v) is 24.5. The highest BCUT2D eigenvalue weighted by Gasteiger charge is 2.38. The molecule has 1 aliphatic carbocycles. The molecule has 0 aromatic carbocycles. The van der Waals surface area contributed by atoms with Crippen LogP contribution in [0, 0.1) is 11.8 Å². The van der Waals surface area contributed by atoms with E-state index in [1.165, 1.54) is 20.5 Å². The summed E-state index contributed by atoms with van der Waals surface area (Å²) in [5.74, 6) is -0.377. The highest BCUT2D eigenvalue weighted by molar-refractivity contribution is 6.01. The minimum absolute atomic E-state index is 0.0586. The van der Waals surface area contributed by atoms with Gasteiger partial charge >= 0.3 is 11.9 Å². The minimum atomic E-state index is -1.24. The van der Waals surface area contributed by atoms with Gasteiger partial charge in [-0.15, -0.1) is 0 Å². The van der Waals surface area contributed by atoms with Gasteiger partial charge in [-0.3, -0.25) is 9.59 Å². The maximum absolute atomic E-state index is 12.9. The summed E-state index contributed by atoms with van der Waals surface area (Å²) in [6, 6.07) is 0. The number of methoxy groups -OCH3 is 2. The molecule has 0 N–H and O–H groups in total. The first kappa shape index (κ1) is 32.7. The molecule has 0 radical (unpaired) electrons. The lowest BCUT2D eigenvalue weighted by Gasteiger charge is -2.30. The number of esters is 2. The Hall–Kier alpha value is -1.51. The number of rotatable bonds is 18. The predicted molar refractivity (Wildman–Crippen MR) is 145 cm³/mol. The Morgan fingerprint density at radius 1 is 0.974 bits per heavy atom. The van der Waals surface area contributed by atoms with E-state index in [9.17, 15) is 14.4 Å². The van der Waals surface area contributed by atoms with Crippen molar-refractivity contribution >= 4 is 17.7 Å². The second-order valence-corrected chi connectivity index (χ2v) is 11.3. The smallest absolute Gasteiger partial charge is 0.342 e. The summed E-state index contributed by atoms with van der Waals surface area (Å²) in [6.07, 6.45) is 11.9. The van der Waals surface area contributed by atoms with E-state index in [4.69, 9.17) is 23.7 Å². The van der Waals surface area contributed by atoms with Crippen LogP contribution >= 0.6 is 0 Å². The predicted octanol–water partition coefficient (Wildman–Crippen LogP) is 5.92. The van der Waals surface area contributed by atoms with E-state index in [0.29, 0.717) is 31.3 Å². The summed E-state index contributed by atoms with van der Waals surface area (Å²) in [5, 5.41) is 0. The fraction of sp³-hybridized carbons (Fsp3) is 0.900. The molecule has 1 saturated carbocycles. The van der Waals surface area contributed by atoms with Crippen LogP contribution in [-0.4, -0.2) is 62.6 Å². The number of carbonyl (C=O) groups is 3. The summed E-state index contributed by atoms with van der Waals surface area (Å²) in [4.78, 5) is 36.8. The van der Waals surface area contributed by atoms with Gasteiger partial charge in [-0.05, 0) is 83.0 Å². The number of ether oxygens (including phenoxy) is 5. The Morgan fingerprint density at radius 2 is 1.74 bits per heavy atom. The van der Waals surface area contributed by atoms with Gasteiger partial charge in [0.15, 0.2) is 12.1 Å². The lowest BCUT2D eigenvalue weighted by Crippen LogP contribution is -2.39. The van der Waals surface area contributed by atoms with E-state index >= 15 is 0 Å². The largest absolute Gasteiger partial charge is 0.467 e. The van der Waals surface area contributed by atoms with Gasteiger partial charge in [-0.25, -0.2) is 4.79 Å². The number of ketones is 1. The minimum Gasteiger partial charge on any atom is -0.467 e. The van der Waals surface area contributed by atoms with Gasteiger partial charge in [-0.1, -0.05) is 32.6 Å². The van der Waals surface area contributed by atoms with Crippen LogP contribution in [0.25, 0.3) is 0 Å². The number of carbonyl (C=O) groups excluding carboxylic acids is 3.